The number of benzene rings is 1. The number of imidazole rings is 1. The van der Waals surface area contributed by atoms with Crippen LogP contribution in [0.3, 0.4) is 0 Å². The Morgan fingerprint density at radius 1 is 1.33 bits per heavy atom. The first-order chi connectivity index (χ1) is 10.1. The van der Waals surface area contributed by atoms with Gasteiger partial charge in [0.2, 0.25) is 0 Å². The van der Waals surface area contributed by atoms with Crippen molar-refractivity contribution in [1.82, 2.24) is 14.9 Å². The predicted molar refractivity (Wildman–Crippen MR) is 94.4 cm³/mol. The van der Waals surface area contributed by atoms with E-state index in [0.717, 1.165) is 40.6 Å². The van der Waals surface area contributed by atoms with Crippen LogP contribution in [0.2, 0.25) is 0 Å². The molecule has 0 fully saturated rings. The first kappa shape index (κ1) is 16.7. The highest BCUT2D eigenvalue weighted by atomic mass is 79.9. The van der Waals surface area contributed by atoms with Gasteiger partial charge in [-0.25, -0.2) is 4.98 Å². The summed E-state index contributed by atoms with van der Waals surface area (Å²) < 4.78 is 4.35. The lowest BCUT2D eigenvalue weighted by Gasteiger charge is -2.20. The highest BCUT2D eigenvalue weighted by Gasteiger charge is 2.15. The fourth-order valence-corrected chi connectivity index (χ4v) is 3.28. The minimum absolute atomic E-state index is 0.327. The van der Waals surface area contributed by atoms with Crippen LogP contribution in [0.25, 0.3) is 0 Å². The summed E-state index contributed by atoms with van der Waals surface area (Å²) in [5, 5.41) is 3.65. The van der Waals surface area contributed by atoms with E-state index in [0.29, 0.717) is 6.04 Å². The van der Waals surface area contributed by atoms with Crippen molar-refractivity contribution < 1.29 is 0 Å². The molecule has 0 radical (unpaired) electrons. The van der Waals surface area contributed by atoms with E-state index in [1.165, 1.54) is 5.56 Å². The molecule has 21 heavy (non-hydrogen) atoms. The summed E-state index contributed by atoms with van der Waals surface area (Å²) in [6, 6.07) is 6.67. The molecule has 0 saturated carbocycles. The van der Waals surface area contributed by atoms with Gasteiger partial charge in [0, 0.05) is 40.8 Å². The lowest BCUT2D eigenvalue weighted by molar-refractivity contribution is 0.489. The number of halogens is 2. The Bertz CT molecular complexity index is 581. The Hall–Kier alpha value is -0.650. The summed E-state index contributed by atoms with van der Waals surface area (Å²) in [6.45, 7) is 3.21. The maximum Gasteiger partial charge on any atom is 0.108 e. The van der Waals surface area contributed by atoms with Gasteiger partial charge >= 0.3 is 0 Å². The van der Waals surface area contributed by atoms with Gasteiger partial charge in [0.25, 0.3) is 0 Å². The molecule has 1 N–H and O–H groups in total. The minimum Gasteiger partial charge on any atom is -0.338 e. The van der Waals surface area contributed by atoms with E-state index >= 15 is 0 Å². The van der Waals surface area contributed by atoms with E-state index in [2.05, 4.69) is 71.9 Å². The Balaban J connectivity index is 2.13. The molecule has 0 aliphatic heterocycles. The van der Waals surface area contributed by atoms with Crippen molar-refractivity contribution in [1.29, 1.82) is 0 Å². The number of hydrogen-bond acceptors (Lipinski definition) is 2. The number of nitrogens with one attached hydrogen (secondary N) is 1. The summed E-state index contributed by atoms with van der Waals surface area (Å²) >= 11 is 7.24. The van der Waals surface area contributed by atoms with Crippen LogP contribution in [0.15, 0.2) is 39.5 Å². The number of aryl methyl sites for hydroxylation is 2. The molecule has 1 aromatic heterocycles. The monoisotopic (exact) mass is 413 g/mol. The van der Waals surface area contributed by atoms with Crippen LogP contribution < -0.4 is 5.32 Å². The van der Waals surface area contributed by atoms with Gasteiger partial charge in [-0.05, 0) is 43.1 Å². The lowest BCUT2D eigenvalue weighted by atomic mass is 10.0. The zero-order valence-corrected chi connectivity index (χ0v) is 15.6. The summed E-state index contributed by atoms with van der Waals surface area (Å²) in [7, 11) is 2.05. The van der Waals surface area contributed by atoms with Gasteiger partial charge < -0.3 is 9.88 Å². The molecule has 1 aromatic carbocycles. The molecule has 2 rings (SSSR count). The van der Waals surface area contributed by atoms with E-state index < -0.39 is 0 Å². The molecule has 1 unspecified atom stereocenters. The topological polar surface area (TPSA) is 29.9 Å². The van der Waals surface area contributed by atoms with Gasteiger partial charge in [0.15, 0.2) is 0 Å². The second kappa shape index (κ2) is 8.11. The van der Waals surface area contributed by atoms with E-state index in [9.17, 15) is 0 Å². The smallest absolute Gasteiger partial charge is 0.108 e. The maximum absolute atomic E-state index is 4.42. The Morgan fingerprint density at radius 3 is 2.81 bits per heavy atom. The van der Waals surface area contributed by atoms with Crippen LogP contribution in [0.5, 0.6) is 0 Å². The molecule has 0 aliphatic carbocycles. The van der Waals surface area contributed by atoms with E-state index in [-0.39, 0.29) is 0 Å². The quantitative estimate of drug-likeness (QED) is 0.716. The molecule has 0 amide bonds. The Kier molecular flexibility index (Phi) is 6.45. The van der Waals surface area contributed by atoms with E-state index in [4.69, 9.17) is 0 Å². The molecule has 0 bridgehead atoms. The van der Waals surface area contributed by atoms with Gasteiger partial charge in [0.05, 0.1) is 0 Å². The largest absolute Gasteiger partial charge is 0.338 e. The lowest BCUT2D eigenvalue weighted by Crippen LogP contribution is -2.23. The molecule has 2 aromatic rings. The fraction of sp³-hybridized carbons (Fsp3) is 0.438. The maximum atomic E-state index is 4.42. The highest BCUT2D eigenvalue weighted by Crippen LogP contribution is 2.29. The standard InChI is InChI=1S/C16H21Br2N3/c1-3-8-19-15(6-7-16-20-9-10-21(16)2)13-11-12(17)4-5-14(13)18/h4-5,9-11,15,19H,3,6-8H2,1-2H3. The molecule has 0 spiro atoms. The molecule has 0 aliphatic rings. The zero-order chi connectivity index (χ0) is 15.2. The SMILES string of the molecule is CCCNC(CCc1nccn1C)c1cc(Br)ccc1Br. The molecule has 5 heteroatoms. The van der Waals surface area contributed by atoms with Gasteiger partial charge in [-0.3, -0.25) is 0 Å². The third-order valence-electron chi connectivity index (χ3n) is 3.55. The Morgan fingerprint density at radius 2 is 2.14 bits per heavy atom. The minimum atomic E-state index is 0.327. The summed E-state index contributed by atoms with van der Waals surface area (Å²) in [4.78, 5) is 4.42. The van der Waals surface area contributed by atoms with Crippen LogP contribution in [0, 0.1) is 0 Å². The molecule has 1 atom stereocenters. The normalized spacial score (nSPS) is 12.6. The van der Waals surface area contributed by atoms with Crippen molar-refractivity contribution in [2.75, 3.05) is 6.54 Å². The van der Waals surface area contributed by atoms with Crippen molar-refractivity contribution in [3.05, 3.63) is 50.9 Å². The average Bonchev–Trinajstić information content (AvgIpc) is 2.87. The molecule has 0 saturated heterocycles. The molecule has 3 nitrogen and oxygen atoms in total. The summed E-state index contributed by atoms with van der Waals surface area (Å²) in [5.41, 5.74) is 1.30. The van der Waals surface area contributed by atoms with Crippen LogP contribution in [0.1, 0.15) is 37.2 Å². The molecular formula is C16H21Br2N3. The fourth-order valence-electron chi connectivity index (χ4n) is 2.38. The first-order valence-electron chi connectivity index (χ1n) is 7.26. The van der Waals surface area contributed by atoms with Crippen molar-refractivity contribution in [3.63, 3.8) is 0 Å². The summed E-state index contributed by atoms with van der Waals surface area (Å²) in [5.74, 6) is 1.13. The first-order valence-corrected chi connectivity index (χ1v) is 8.85. The van der Waals surface area contributed by atoms with Crippen LogP contribution in [0.4, 0.5) is 0 Å². The van der Waals surface area contributed by atoms with Crippen LogP contribution in [-0.4, -0.2) is 16.1 Å². The Labute approximate surface area is 143 Å². The number of rotatable bonds is 7. The molecule has 1 heterocycles. The third-order valence-corrected chi connectivity index (χ3v) is 4.77. The van der Waals surface area contributed by atoms with E-state index in [1.807, 2.05) is 19.4 Å². The van der Waals surface area contributed by atoms with Crippen molar-refractivity contribution >= 4 is 31.9 Å². The van der Waals surface area contributed by atoms with Gasteiger partial charge in [-0.15, -0.1) is 0 Å². The van der Waals surface area contributed by atoms with Crippen LogP contribution >= 0.6 is 31.9 Å². The zero-order valence-electron chi connectivity index (χ0n) is 12.4. The van der Waals surface area contributed by atoms with E-state index in [1.54, 1.807) is 0 Å². The number of nitrogens with zero attached hydrogens (tertiary/aromatic N) is 2. The van der Waals surface area contributed by atoms with Gasteiger partial charge in [0.1, 0.15) is 5.82 Å². The highest BCUT2D eigenvalue weighted by molar-refractivity contribution is 9.11. The number of hydrogen-bond donors (Lipinski definition) is 1. The van der Waals surface area contributed by atoms with Crippen molar-refractivity contribution in [2.24, 2.45) is 7.05 Å². The summed E-state index contributed by atoms with van der Waals surface area (Å²) in [6.07, 6.45) is 6.98. The second-order valence-corrected chi connectivity index (χ2v) is 6.94. The van der Waals surface area contributed by atoms with Crippen LogP contribution in [-0.2, 0) is 13.5 Å². The average molecular weight is 415 g/mol. The molecular weight excluding hydrogens is 394 g/mol. The molecule has 114 valence electrons. The third kappa shape index (κ3) is 4.66. The van der Waals surface area contributed by atoms with Gasteiger partial charge in [-0.1, -0.05) is 38.8 Å². The number of aromatic nitrogens is 2. The van der Waals surface area contributed by atoms with Crippen molar-refractivity contribution in [2.45, 2.75) is 32.2 Å². The predicted octanol–water partition coefficient (Wildman–Crippen LogP) is 4.62. The van der Waals surface area contributed by atoms with Gasteiger partial charge in [-0.2, -0.15) is 0 Å². The van der Waals surface area contributed by atoms with Crippen molar-refractivity contribution in [3.8, 4) is 0 Å². The second-order valence-electron chi connectivity index (χ2n) is 5.17.